The second kappa shape index (κ2) is 8.06. The summed E-state index contributed by atoms with van der Waals surface area (Å²) >= 11 is 5.89. The topological polar surface area (TPSA) is 105 Å². The van der Waals surface area contributed by atoms with Gasteiger partial charge in [-0.25, -0.2) is 0 Å². The number of carbonyl (C=O) groups is 1. The molecule has 0 aliphatic rings. The molecule has 5 N–H and O–H groups in total. The van der Waals surface area contributed by atoms with Gasteiger partial charge >= 0.3 is 0 Å². The van der Waals surface area contributed by atoms with Gasteiger partial charge < -0.3 is 26.0 Å². The molecule has 0 spiro atoms. The van der Waals surface area contributed by atoms with Crippen molar-refractivity contribution in [1.29, 1.82) is 0 Å². The van der Waals surface area contributed by atoms with Gasteiger partial charge in [0.15, 0.2) is 0 Å². The number of aliphatic hydroxyl groups excluding tert-OH is 2. The predicted octanol–water partition coefficient (Wildman–Crippen LogP) is -0.176. The van der Waals surface area contributed by atoms with Crippen molar-refractivity contribution in [3.63, 3.8) is 0 Å². The van der Waals surface area contributed by atoms with Gasteiger partial charge in [-0.15, -0.1) is 0 Å². The predicted molar refractivity (Wildman–Crippen MR) is 75.8 cm³/mol. The lowest BCUT2D eigenvalue weighted by atomic mass is 10.2. The van der Waals surface area contributed by atoms with E-state index in [1.807, 2.05) is 6.92 Å². The van der Waals surface area contributed by atoms with Gasteiger partial charge in [-0.3, -0.25) is 4.79 Å². The molecule has 112 valence electrons. The Morgan fingerprint density at radius 2 is 2.15 bits per heavy atom. The van der Waals surface area contributed by atoms with Crippen molar-refractivity contribution in [2.75, 3.05) is 19.7 Å². The lowest BCUT2D eigenvalue weighted by Gasteiger charge is -2.14. The van der Waals surface area contributed by atoms with Crippen LogP contribution in [0.15, 0.2) is 18.2 Å². The third-order valence-corrected chi connectivity index (χ3v) is 3.04. The minimum absolute atomic E-state index is 0.00749. The Balaban J connectivity index is 2.27. The van der Waals surface area contributed by atoms with E-state index in [9.17, 15) is 9.90 Å². The quantitative estimate of drug-likeness (QED) is 0.533. The fraction of sp³-hybridized carbons (Fsp3) is 0.462. The number of aliphatic hydroxyl groups is 2. The van der Waals surface area contributed by atoms with Gasteiger partial charge in [0.25, 0.3) is 0 Å². The molecule has 7 heteroatoms. The van der Waals surface area contributed by atoms with E-state index in [1.54, 1.807) is 18.2 Å². The highest BCUT2D eigenvalue weighted by molar-refractivity contribution is 6.31. The smallest absolute Gasteiger partial charge is 0.247 e. The summed E-state index contributed by atoms with van der Waals surface area (Å²) in [5.74, 6) is -0.192. The molecule has 0 bridgehead atoms. The van der Waals surface area contributed by atoms with Crippen LogP contribution < -0.4 is 15.8 Å². The summed E-state index contributed by atoms with van der Waals surface area (Å²) in [6.45, 7) is 2.11. The second-order valence-electron chi connectivity index (χ2n) is 4.45. The van der Waals surface area contributed by atoms with E-state index in [2.05, 4.69) is 5.32 Å². The summed E-state index contributed by atoms with van der Waals surface area (Å²) in [6.07, 6.45) is -2.03. The minimum atomic E-state index is -1.26. The summed E-state index contributed by atoms with van der Waals surface area (Å²) in [4.78, 5) is 10.6. The van der Waals surface area contributed by atoms with E-state index in [0.717, 1.165) is 5.56 Å². The summed E-state index contributed by atoms with van der Waals surface area (Å²) in [5, 5.41) is 22.2. The van der Waals surface area contributed by atoms with Gasteiger partial charge in [-0.1, -0.05) is 11.6 Å². The number of primary amides is 1. The van der Waals surface area contributed by atoms with Crippen LogP contribution >= 0.6 is 11.6 Å². The molecule has 0 saturated carbocycles. The molecule has 1 rings (SSSR count). The molecule has 0 saturated heterocycles. The van der Waals surface area contributed by atoms with E-state index >= 15 is 0 Å². The Labute approximate surface area is 122 Å². The molecular formula is C13H19ClN2O4. The van der Waals surface area contributed by atoms with Crippen LogP contribution in [0.3, 0.4) is 0 Å². The zero-order chi connectivity index (χ0) is 15.1. The average molecular weight is 303 g/mol. The molecule has 0 fully saturated rings. The maximum absolute atomic E-state index is 10.6. The van der Waals surface area contributed by atoms with Crippen LogP contribution in [-0.4, -0.2) is 48.0 Å². The minimum Gasteiger partial charge on any atom is -0.491 e. The summed E-state index contributed by atoms with van der Waals surface area (Å²) in [6, 6.07) is 5.21. The van der Waals surface area contributed by atoms with Crippen molar-refractivity contribution in [2.45, 2.75) is 19.1 Å². The molecule has 2 atom stereocenters. The fourth-order valence-corrected chi connectivity index (χ4v) is 1.56. The Morgan fingerprint density at radius 3 is 2.75 bits per heavy atom. The van der Waals surface area contributed by atoms with Crippen molar-refractivity contribution in [3.05, 3.63) is 28.8 Å². The number of amides is 1. The zero-order valence-corrected chi connectivity index (χ0v) is 11.9. The molecule has 20 heavy (non-hydrogen) atoms. The molecule has 0 aliphatic heterocycles. The second-order valence-corrected chi connectivity index (χ2v) is 4.86. The molecule has 1 amide bonds. The maximum atomic E-state index is 10.6. The summed E-state index contributed by atoms with van der Waals surface area (Å²) in [5.41, 5.74) is 5.78. The Bertz CT molecular complexity index is 456. The first-order chi connectivity index (χ1) is 9.40. The van der Waals surface area contributed by atoms with Gasteiger partial charge in [0.1, 0.15) is 24.6 Å². The van der Waals surface area contributed by atoms with Crippen LogP contribution in [0.25, 0.3) is 0 Å². The van der Waals surface area contributed by atoms with Crippen molar-refractivity contribution in [1.82, 2.24) is 5.32 Å². The van der Waals surface area contributed by atoms with Crippen molar-refractivity contribution in [2.24, 2.45) is 5.73 Å². The molecule has 1 aromatic rings. The average Bonchev–Trinajstić information content (AvgIpc) is 2.40. The highest BCUT2D eigenvalue weighted by Gasteiger charge is 2.11. The number of nitrogens with one attached hydrogen (secondary N) is 1. The molecule has 1 aromatic carbocycles. The monoisotopic (exact) mass is 302 g/mol. The summed E-state index contributed by atoms with van der Waals surface area (Å²) in [7, 11) is 0. The molecule has 2 unspecified atom stereocenters. The van der Waals surface area contributed by atoms with Crippen LogP contribution in [-0.2, 0) is 4.79 Å². The lowest BCUT2D eigenvalue weighted by molar-refractivity contribution is -0.125. The number of carbonyl (C=O) groups excluding carboxylic acids is 1. The number of nitrogens with two attached hydrogens (primary N) is 1. The Kier molecular flexibility index (Phi) is 6.74. The molecule has 6 nitrogen and oxygen atoms in total. The van der Waals surface area contributed by atoms with Crippen molar-refractivity contribution >= 4 is 17.5 Å². The van der Waals surface area contributed by atoms with Crippen LogP contribution in [0.5, 0.6) is 5.75 Å². The standard InChI is InChI=1S/C13H19ClN2O4/c1-8-4-10(2-3-11(8)14)20-7-9(17)5-16-6-12(18)13(15)19/h2-4,9,12,16-18H,5-7H2,1H3,(H2,15,19). The number of halogens is 1. The van der Waals surface area contributed by atoms with E-state index in [-0.39, 0.29) is 19.7 Å². The lowest BCUT2D eigenvalue weighted by Crippen LogP contribution is -2.41. The highest BCUT2D eigenvalue weighted by Crippen LogP contribution is 2.20. The van der Waals surface area contributed by atoms with Crippen LogP contribution in [0.2, 0.25) is 5.02 Å². The van der Waals surface area contributed by atoms with Crippen molar-refractivity contribution in [3.8, 4) is 5.75 Å². The number of aryl methyl sites for hydroxylation is 1. The number of rotatable bonds is 8. The van der Waals surface area contributed by atoms with E-state index in [0.29, 0.717) is 10.8 Å². The molecule has 0 radical (unpaired) electrons. The molecule has 0 aliphatic carbocycles. The van der Waals surface area contributed by atoms with E-state index < -0.39 is 18.1 Å². The van der Waals surface area contributed by atoms with E-state index in [4.69, 9.17) is 27.2 Å². The third-order valence-electron chi connectivity index (χ3n) is 2.62. The number of hydrogen-bond donors (Lipinski definition) is 4. The zero-order valence-electron chi connectivity index (χ0n) is 11.2. The highest BCUT2D eigenvalue weighted by atomic mass is 35.5. The van der Waals surface area contributed by atoms with Crippen LogP contribution in [0, 0.1) is 6.92 Å². The van der Waals surface area contributed by atoms with Gasteiger partial charge in [0, 0.05) is 18.1 Å². The molecule has 0 heterocycles. The Morgan fingerprint density at radius 1 is 1.45 bits per heavy atom. The van der Waals surface area contributed by atoms with Crippen LogP contribution in [0.1, 0.15) is 5.56 Å². The normalized spacial score (nSPS) is 13.8. The van der Waals surface area contributed by atoms with Gasteiger partial charge in [0.2, 0.25) is 5.91 Å². The number of hydrogen-bond acceptors (Lipinski definition) is 5. The number of ether oxygens (including phenoxy) is 1. The Hall–Kier alpha value is -1.34. The largest absolute Gasteiger partial charge is 0.491 e. The third kappa shape index (κ3) is 5.75. The SMILES string of the molecule is Cc1cc(OCC(O)CNCC(O)C(N)=O)ccc1Cl. The van der Waals surface area contributed by atoms with Gasteiger partial charge in [-0.2, -0.15) is 0 Å². The van der Waals surface area contributed by atoms with Crippen molar-refractivity contribution < 1.29 is 19.7 Å². The van der Waals surface area contributed by atoms with Crippen LogP contribution in [0.4, 0.5) is 0 Å². The first-order valence-corrected chi connectivity index (χ1v) is 6.53. The van der Waals surface area contributed by atoms with Gasteiger partial charge in [0.05, 0.1) is 0 Å². The van der Waals surface area contributed by atoms with E-state index in [1.165, 1.54) is 0 Å². The maximum Gasteiger partial charge on any atom is 0.247 e. The van der Waals surface area contributed by atoms with Gasteiger partial charge in [-0.05, 0) is 30.7 Å². The molecular weight excluding hydrogens is 284 g/mol. The first-order valence-electron chi connectivity index (χ1n) is 6.15. The summed E-state index contributed by atoms with van der Waals surface area (Å²) < 4.78 is 5.41. The fourth-order valence-electron chi connectivity index (χ4n) is 1.45. The molecule has 0 aromatic heterocycles. The first kappa shape index (κ1) is 16.7. The number of benzene rings is 1.